The van der Waals surface area contributed by atoms with E-state index in [-0.39, 0.29) is 0 Å². The third-order valence-electron chi connectivity index (χ3n) is 3.75. The van der Waals surface area contributed by atoms with Crippen molar-refractivity contribution >= 4 is 27.4 Å². The molecule has 0 aliphatic heterocycles. The van der Waals surface area contributed by atoms with Gasteiger partial charge in [0.25, 0.3) is 0 Å². The number of rotatable bonds is 4. The second-order valence-electron chi connectivity index (χ2n) is 4.99. The molecular weight excluding hydrogens is 258 g/mol. The summed E-state index contributed by atoms with van der Waals surface area (Å²) >= 11 is 1.68. The van der Waals surface area contributed by atoms with E-state index < -0.39 is 0 Å². The molecule has 2 heterocycles. The molecule has 1 aliphatic rings. The van der Waals surface area contributed by atoms with Crippen LogP contribution in [0.1, 0.15) is 32.0 Å². The van der Waals surface area contributed by atoms with Gasteiger partial charge in [0.05, 0.1) is 11.5 Å². The smallest absolute Gasteiger partial charge is 0.138 e. The number of anilines is 1. The third-order valence-corrected chi connectivity index (χ3v) is 4.55. The summed E-state index contributed by atoms with van der Waals surface area (Å²) in [5.41, 5.74) is 0. The number of nitrogens with zero attached hydrogens (tertiary/aromatic N) is 2. The fourth-order valence-electron chi connectivity index (χ4n) is 2.65. The van der Waals surface area contributed by atoms with Gasteiger partial charge in [-0.05, 0) is 30.7 Å². The number of ether oxygens (including phenoxy) is 1. The van der Waals surface area contributed by atoms with Crippen LogP contribution in [-0.2, 0) is 11.2 Å². The molecule has 2 atom stereocenters. The Morgan fingerprint density at radius 3 is 3.05 bits per heavy atom. The first kappa shape index (κ1) is 12.8. The molecular formula is C14H19N3OS. The number of hydrogen-bond donors (Lipinski definition) is 1. The summed E-state index contributed by atoms with van der Waals surface area (Å²) in [7, 11) is 1.80. The maximum absolute atomic E-state index is 5.43. The minimum Gasteiger partial charge on any atom is -0.381 e. The van der Waals surface area contributed by atoms with Crippen molar-refractivity contribution in [3.63, 3.8) is 0 Å². The molecule has 102 valence electrons. The molecule has 1 fully saturated rings. The molecule has 1 N–H and O–H groups in total. The summed E-state index contributed by atoms with van der Waals surface area (Å²) in [6, 6.07) is 2.57. The molecule has 1 aliphatic carbocycles. The van der Waals surface area contributed by atoms with Crippen LogP contribution in [0.4, 0.5) is 5.82 Å². The van der Waals surface area contributed by atoms with Gasteiger partial charge in [0.1, 0.15) is 16.5 Å². The van der Waals surface area contributed by atoms with Crippen LogP contribution in [0.15, 0.2) is 11.4 Å². The first-order valence-corrected chi connectivity index (χ1v) is 7.71. The van der Waals surface area contributed by atoms with Crippen molar-refractivity contribution in [2.75, 3.05) is 12.4 Å². The normalized spacial score (nSPS) is 23.1. The molecule has 2 aromatic rings. The monoisotopic (exact) mass is 277 g/mol. The molecule has 1 saturated carbocycles. The molecule has 4 nitrogen and oxygen atoms in total. The Hall–Kier alpha value is -1.20. The topological polar surface area (TPSA) is 47.0 Å². The third kappa shape index (κ3) is 2.58. The molecule has 19 heavy (non-hydrogen) atoms. The molecule has 0 spiro atoms. The van der Waals surface area contributed by atoms with Crippen molar-refractivity contribution < 1.29 is 4.74 Å². The number of nitrogens with one attached hydrogen (secondary N) is 1. The van der Waals surface area contributed by atoms with E-state index in [1.165, 1.54) is 0 Å². The van der Waals surface area contributed by atoms with E-state index in [2.05, 4.69) is 33.7 Å². The minimum atomic E-state index is 0.392. The lowest BCUT2D eigenvalue weighted by molar-refractivity contribution is 0.108. The van der Waals surface area contributed by atoms with Gasteiger partial charge in [0.15, 0.2) is 0 Å². The fraction of sp³-hybridized carbons (Fsp3) is 0.571. The first-order valence-electron chi connectivity index (χ1n) is 6.83. The van der Waals surface area contributed by atoms with Gasteiger partial charge in [0, 0.05) is 19.6 Å². The Kier molecular flexibility index (Phi) is 3.66. The van der Waals surface area contributed by atoms with Gasteiger partial charge < -0.3 is 10.1 Å². The molecule has 0 saturated heterocycles. The van der Waals surface area contributed by atoms with Gasteiger partial charge in [-0.25, -0.2) is 9.97 Å². The fourth-order valence-corrected chi connectivity index (χ4v) is 3.43. The minimum absolute atomic E-state index is 0.392. The zero-order chi connectivity index (χ0) is 13.2. The first-order chi connectivity index (χ1) is 9.30. The summed E-state index contributed by atoms with van der Waals surface area (Å²) in [6.07, 6.45) is 4.60. The Morgan fingerprint density at radius 1 is 1.42 bits per heavy atom. The van der Waals surface area contributed by atoms with E-state index >= 15 is 0 Å². The van der Waals surface area contributed by atoms with E-state index in [0.717, 1.165) is 47.5 Å². The second-order valence-corrected chi connectivity index (χ2v) is 5.89. The highest BCUT2D eigenvalue weighted by Gasteiger charge is 2.25. The van der Waals surface area contributed by atoms with Gasteiger partial charge in [-0.15, -0.1) is 11.3 Å². The van der Waals surface area contributed by atoms with E-state index in [9.17, 15) is 0 Å². The molecule has 2 aromatic heterocycles. The van der Waals surface area contributed by atoms with Crippen molar-refractivity contribution in [1.82, 2.24) is 9.97 Å². The summed E-state index contributed by atoms with van der Waals surface area (Å²) < 4.78 is 5.43. The van der Waals surface area contributed by atoms with Crippen LogP contribution in [-0.4, -0.2) is 29.2 Å². The van der Waals surface area contributed by atoms with E-state index in [4.69, 9.17) is 4.74 Å². The van der Waals surface area contributed by atoms with Crippen molar-refractivity contribution in [2.24, 2.45) is 0 Å². The van der Waals surface area contributed by atoms with Gasteiger partial charge >= 0.3 is 0 Å². The standard InChI is InChI=1S/C14H19N3OS/c1-3-12-16-13(11-6-7-19-14(11)17-12)15-9-4-5-10(8-9)18-2/h6-7,9-10H,3-5,8H2,1-2H3,(H,15,16,17). The van der Waals surface area contributed by atoms with Crippen LogP contribution in [0.2, 0.25) is 0 Å². The average Bonchev–Trinajstić information content (AvgIpc) is 3.06. The number of methoxy groups -OCH3 is 1. The van der Waals surface area contributed by atoms with Crippen molar-refractivity contribution in [1.29, 1.82) is 0 Å². The van der Waals surface area contributed by atoms with Crippen LogP contribution in [0.5, 0.6) is 0 Å². The van der Waals surface area contributed by atoms with Crippen molar-refractivity contribution in [3.05, 3.63) is 17.3 Å². The molecule has 0 bridgehead atoms. The Morgan fingerprint density at radius 2 is 2.32 bits per heavy atom. The quantitative estimate of drug-likeness (QED) is 0.932. The highest BCUT2D eigenvalue weighted by molar-refractivity contribution is 7.16. The molecule has 2 unspecified atom stereocenters. The zero-order valence-electron chi connectivity index (χ0n) is 11.3. The van der Waals surface area contributed by atoms with Crippen molar-refractivity contribution in [3.8, 4) is 0 Å². The Bertz CT molecular complexity index is 569. The summed E-state index contributed by atoms with van der Waals surface area (Å²) in [6.45, 7) is 2.09. The lowest BCUT2D eigenvalue weighted by Gasteiger charge is -2.15. The molecule has 3 rings (SSSR count). The van der Waals surface area contributed by atoms with E-state index in [1.54, 1.807) is 18.4 Å². The molecule has 0 radical (unpaired) electrons. The maximum Gasteiger partial charge on any atom is 0.138 e. The second kappa shape index (κ2) is 5.43. The number of hydrogen-bond acceptors (Lipinski definition) is 5. The number of thiophene rings is 1. The van der Waals surface area contributed by atoms with Crippen LogP contribution in [0, 0.1) is 0 Å². The zero-order valence-corrected chi connectivity index (χ0v) is 12.2. The predicted molar refractivity (Wildman–Crippen MR) is 78.9 cm³/mol. The lowest BCUT2D eigenvalue weighted by Crippen LogP contribution is -2.18. The summed E-state index contributed by atoms with van der Waals surface area (Å²) in [5.74, 6) is 1.91. The van der Waals surface area contributed by atoms with E-state index in [1.807, 2.05) is 0 Å². The van der Waals surface area contributed by atoms with Crippen LogP contribution >= 0.6 is 11.3 Å². The molecule has 0 aromatic carbocycles. The summed E-state index contributed by atoms with van der Waals surface area (Å²) in [5, 5.41) is 6.81. The molecule has 5 heteroatoms. The molecule has 0 amide bonds. The number of fused-ring (bicyclic) bond motifs is 1. The highest BCUT2D eigenvalue weighted by atomic mass is 32.1. The Balaban J connectivity index is 1.85. The van der Waals surface area contributed by atoms with Crippen LogP contribution in [0.3, 0.4) is 0 Å². The average molecular weight is 277 g/mol. The van der Waals surface area contributed by atoms with Gasteiger partial charge in [-0.3, -0.25) is 0 Å². The van der Waals surface area contributed by atoms with Crippen LogP contribution < -0.4 is 5.32 Å². The van der Waals surface area contributed by atoms with Gasteiger partial charge in [-0.1, -0.05) is 6.92 Å². The summed E-state index contributed by atoms with van der Waals surface area (Å²) in [4.78, 5) is 10.3. The number of aryl methyl sites for hydroxylation is 1. The largest absolute Gasteiger partial charge is 0.381 e. The number of aromatic nitrogens is 2. The van der Waals surface area contributed by atoms with Gasteiger partial charge in [-0.2, -0.15) is 0 Å². The van der Waals surface area contributed by atoms with Gasteiger partial charge in [0.2, 0.25) is 0 Å². The van der Waals surface area contributed by atoms with Crippen molar-refractivity contribution in [2.45, 2.75) is 44.8 Å². The Labute approximate surface area is 117 Å². The van der Waals surface area contributed by atoms with E-state index in [0.29, 0.717) is 12.1 Å². The maximum atomic E-state index is 5.43. The lowest BCUT2D eigenvalue weighted by atomic mass is 10.2. The highest BCUT2D eigenvalue weighted by Crippen LogP contribution is 2.29. The van der Waals surface area contributed by atoms with Crippen LogP contribution in [0.25, 0.3) is 10.2 Å². The SMILES string of the molecule is CCc1nc(NC2CCC(OC)C2)c2ccsc2n1. The predicted octanol–water partition coefficient (Wildman–Crippen LogP) is 3.23.